The lowest BCUT2D eigenvalue weighted by atomic mass is 10.1. The molecule has 8 nitrogen and oxygen atoms in total. The first kappa shape index (κ1) is 13.4. The van der Waals surface area contributed by atoms with Gasteiger partial charge in [0.2, 0.25) is 0 Å². The van der Waals surface area contributed by atoms with Crippen LogP contribution in [0.5, 0.6) is 0 Å². The summed E-state index contributed by atoms with van der Waals surface area (Å²) in [4.78, 5) is 12.7. The molecule has 17 heavy (non-hydrogen) atoms. The van der Waals surface area contributed by atoms with Crippen LogP contribution >= 0.6 is 11.3 Å². The molecule has 0 spiro atoms. The molecule has 92 valence electrons. The molecule has 0 aromatic carbocycles. The second kappa shape index (κ2) is 6.16. The number of rotatable bonds is 6. The van der Waals surface area contributed by atoms with Gasteiger partial charge in [0.05, 0.1) is 11.0 Å². The van der Waals surface area contributed by atoms with Crippen molar-refractivity contribution in [3.63, 3.8) is 0 Å². The highest BCUT2D eigenvalue weighted by Gasteiger charge is 2.22. The first-order valence-electron chi connectivity index (χ1n) is 4.67. The van der Waals surface area contributed by atoms with E-state index in [1.54, 1.807) is 0 Å². The molecule has 0 aliphatic carbocycles. The highest BCUT2D eigenvalue weighted by atomic mass is 32.1. The Morgan fingerprint density at radius 1 is 1.59 bits per heavy atom. The Labute approximate surface area is 99.9 Å². The molecule has 0 saturated carbocycles. The predicted molar refractivity (Wildman–Crippen MR) is 60.6 cm³/mol. The highest BCUT2D eigenvalue weighted by Crippen LogP contribution is 2.31. The zero-order valence-corrected chi connectivity index (χ0v) is 9.45. The first-order chi connectivity index (χ1) is 8.06. The van der Waals surface area contributed by atoms with Gasteiger partial charge < -0.3 is 10.2 Å². The topological polar surface area (TPSA) is 132 Å². The van der Waals surface area contributed by atoms with Crippen LogP contribution in [0.4, 0.5) is 5.00 Å². The molecule has 0 saturated heterocycles. The molecule has 0 aliphatic rings. The van der Waals surface area contributed by atoms with E-state index in [1.165, 1.54) is 12.1 Å². The third kappa shape index (κ3) is 3.68. The summed E-state index contributed by atoms with van der Waals surface area (Å²) in [6, 6.07) is 2.66. The van der Waals surface area contributed by atoms with Gasteiger partial charge in [0, 0.05) is 22.4 Å². The summed E-state index contributed by atoms with van der Waals surface area (Å²) in [6.45, 7) is 0.0577. The van der Waals surface area contributed by atoms with E-state index in [1.807, 2.05) is 0 Å². The van der Waals surface area contributed by atoms with Gasteiger partial charge in [0.1, 0.15) is 6.10 Å². The lowest BCUT2D eigenvalue weighted by molar-refractivity contribution is -0.380. The minimum absolute atomic E-state index is 0.0577. The number of hydrogen-bond donors (Lipinski definition) is 2. The van der Waals surface area contributed by atoms with Crippen molar-refractivity contribution < 1.29 is 15.1 Å². The Balaban J connectivity index is 2.64. The SMILES string of the molecule is [N-]=[N+]=NCCC(O)C(O)c1ccc([N+](=O)[O-])s1. The van der Waals surface area contributed by atoms with Crippen LogP contribution < -0.4 is 0 Å². The number of nitro groups is 1. The summed E-state index contributed by atoms with van der Waals surface area (Å²) in [7, 11) is 0. The molecule has 0 amide bonds. The normalized spacial score (nSPS) is 13.8. The van der Waals surface area contributed by atoms with E-state index in [0.29, 0.717) is 4.88 Å². The van der Waals surface area contributed by atoms with E-state index in [9.17, 15) is 20.3 Å². The number of aliphatic hydroxyl groups is 2. The van der Waals surface area contributed by atoms with Gasteiger partial charge in [-0.1, -0.05) is 16.5 Å². The van der Waals surface area contributed by atoms with Gasteiger partial charge in [-0.05, 0) is 18.0 Å². The van der Waals surface area contributed by atoms with Crippen molar-refractivity contribution in [1.29, 1.82) is 0 Å². The molecule has 2 atom stereocenters. The summed E-state index contributed by atoms with van der Waals surface area (Å²) in [5, 5.41) is 32.8. The number of aliphatic hydroxyl groups excluding tert-OH is 2. The van der Waals surface area contributed by atoms with Crippen LogP contribution in [0.15, 0.2) is 17.2 Å². The second-order valence-corrected chi connectivity index (χ2v) is 4.28. The van der Waals surface area contributed by atoms with Gasteiger partial charge in [-0.15, -0.1) is 0 Å². The third-order valence-electron chi connectivity index (χ3n) is 2.04. The van der Waals surface area contributed by atoms with Crippen molar-refractivity contribution in [2.75, 3.05) is 6.54 Å². The van der Waals surface area contributed by atoms with Crippen molar-refractivity contribution in [3.05, 3.63) is 37.6 Å². The largest absolute Gasteiger partial charge is 0.390 e. The van der Waals surface area contributed by atoms with Crippen LogP contribution in [0.3, 0.4) is 0 Å². The maximum atomic E-state index is 10.4. The van der Waals surface area contributed by atoms with Crippen LogP contribution in [-0.2, 0) is 0 Å². The van der Waals surface area contributed by atoms with Crippen molar-refractivity contribution >= 4 is 16.3 Å². The van der Waals surface area contributed by atoms with E-state index >= 15 is 0 Å². The number of azide groups is 1. The smallest absolute Gasteiger partial charge is 0.324 e. The number of nitrogens with zero attached hydrogens (tertiary/aromatic N) is 4. The lowest BCUT2D eigenvalue weighted by Gasteiger charge is -2.14. The molecule has 0 bridgehead atoms. The molecule has 1 aromatic heterocycles. The van der Waals surface area contributed by atoms with Gasteiger partial charge >= 0.3 is 5.00 Å². The summed E-state index contributed by atoms with van der Waals surface area (Å²) >= 11 is 0.804. The quantitative estimate of drug-likeness (QED) is 0.264. The predicted octanol–water partition coefficient (Wildman–Crippen LogP) is 1.75. The molecule has 0 aliphatic heterocycles. The summed E-state index contributed by atoms with van der Waals surface area (Å²) in [5.41, 5.74) is 8.04. The van der Waals surface area contributed by atoms with Crippen LogP contribution in [-0.4, -0.2) is 27.8 Å². The van der Waals surface area contributed by atoms with Crippen molar-refractivity contribution in [2.24, 2.45) is 5.11 Å². The Kier molecular flexibility index (Phi) is 4.85. The summed E-state index contributed by atoms with van der Waals surface area (Å²) in [5.74, 6) is 0. The van der Waals surface area contributed by atoms with Crippen molar-refractivity contribution in [3.8, 4) is 0 Å². The first-order valence-corrected chi connectivity index (χ1v) is 5.49. The lowest BCUT2D eigenvalue weighted by Crippen LogP contribution is -2.18. The van der Waals surface area contributed by atoms with Crippen molar-refractivity contribution in [2.45, 2.75) is 18.6 Å². The molecule has 0 radical (unpaired) electrons. The molecule has 2 unspecified atom stereocenters. The monoisotopic (exact) mass is 258 g/mol. The van der Waals surface area contributed by atoms with E-state index in [0.717, 1.165) is 11.3 Å². The number of thiophene rings is 1. The zero-order chi connectivity index (χ0) is 12.8. The fraction of sp³-hybridized carbons (Fsp3) is 0.500. The molecular formula is C8H10N4O4S. The Morgan fingerprint density at radius 2 is 2.29 bits per heavy atom. The second-order valence-electron chi connectivity index (χ2n) is 3.19. The average molecular weight is 258 g/mol. The van der Waals surface area contributed by atoms with Crippen molar-refractivity contribution in [1.82, 2.24) is 0 Å². The summed E-state index contributed by atoms with van der Waals surface area (Å²) in [6.07, 6.45) is -2.22. The molecule has 0 fully saturated rings. The summed E-state index contributed by atoms with van der Waals surface area (Å²) < 4.78 is 0. The number of hydrogen-bond acceptors (Lipinski definition) is 6. The standard InChI is InChI=1S/C8H10N4O4S/c9-11-10-4-3-5(13)8(14)6-1-2-7(17-6)12(15)16/h1-2,5,8,13-14H,3-4H2. The van der Waals surface area contributed by atoms with Gasteiger partial charge in [0.15, 0.2) is 0 Å². The minimum atomic E-state index is -1.21. The maximum Gasteiger partial charge on any atom is 0.324 e. The highest BCUT2D eigenvalue weighted by molar-refractivity contribution is 7.15. The van der Waals surface area contributed by atoms with E-state index in [-0.39, 0.29) is 18.0 Å². The van der Waals surface area contributed by atoms with Crippen LogP contribution in [0.1, 0.15) is 17.4 Å². The Bertz CT molecular complexity index is 442. The Hall–Kier alpha value is -1.67. The molecule has 1 aromatic rings. The van der Waals surface area contributed by atoms with Gasteiger partial charge in [-0.2, -0.15) is 0 Å². The fourth-order valence-corrected chi connectivity index (χ4v) is 2.05. The molecule has 1 rings (SSSR count). The molecule has 2 N–H and O–H groups in total. The molecule has 1 heterocycles. The van der Waals surface area contributed by atoms with Crippen LogP contribution in [0, 0.1) is 10.1 Å². The third-order valence-corrected chi connectivity index (χ3v) is 3.14. The van der Waals surface area contributed by atoms with Crippen LogP contribution in [0.25, 0.3) is 10.4 Å². The maximum absolute atomic E-state index is 10.4. The fourth-order valence-electron chi connectivity index (χ4n) is 1.18. The van der Waals surface area contributed by atoms with Gasteiger partial charge in [0.25, 0.3) is 0 Å². The molecule has 9 heteroatoms. The van der Waals surface area contributed by atoms with Gasteiger partial charge in [-0.3, -0.25) is 10.1 Å². The van der Waals surface area contributed by atoms with E-state index < -0.39 is 17.1 Å². The molecular weight excluding hydrogens is 248 g/mol. The van der Waals surface area contributed by atoms with Crippen LogP contribution in [0.2, 0.25) is 0 Å². The zero-order valence-electron chi connectivity index (χ0n) is 8.63. The van der Waals surface area contributed by atoms with E-state index in [2.05, 4.69) is 10.0 Å². The Morgan fingerprint density at radius 3 is 2.82 bits per heavy atom. The average Bonchev–Trinajstić information content (AvgIpc) is 2.77. The van der Waals surface area contributed by atoms with E-state index in [4.69, 9.17) is 5.53 Å². The minimum Gasteiger partial charge on any atom is -0.390 e. The van der Waals surface area contributed by atoms with Gasteiger partial charge in [-0.25, -0.2) is 0 Å².